The normalized spacial score (nSPS) is 13.1. The summed E-state index contributed by atoms with van der Waals surface area (Å²) in [5, 5.41) is 9.98. The van der Waals surface area contributed by atoms with Crippen LogP contribution in [0.25, 0.3) is 0 Å². The molecule has 60 valence electrons. The van der Waals surface area contributed by atoms with Gasteiger partial charge in [-0.3, -0.25) is 4.98 Å². The molecule has 0 saturated heterocycles. The summed E-state index contributed by atoms with van der Waals surface area (Å²) in [6.07, 6.45) is 2.25. The fourth-order valence-corrected chi connectivity index (χ4v) is 1.50. The Hall–Kier alpha value is -0.310. The second-order valence-electron chi connectivity index (χ2n) is 2.19. The van der Waals surface area contributed by atoms with Crippen LogP contribution in [0.3, 0.4) is 0 Å². The van der Waals surface area contributed by atoms with Gasteiger partial charge < -0.3 is 5.11 Å². The van der Waals surface area contributed by atoms with E-state index in [1.54, 1.807) is 6.92 Å². The Balaban J connectivity index is 3.21. The lowest BCUT2D eigenvalue weighted by Crippen LogP contribution is -1.94. The molecule has 0 aliphatic carbocycles. The minimum atomic E-state index is -0.655. The second-order valence-corrected chi connectivity index (χ2v) is 3.01. The highest BCUT2D eigenvalue weighted by molar-refractivity contribution is 6.35. The van der Waals surface area contributed by atoms with Crippen molar-refractivity contribution < 1.29 is 5.11 Å². The standard InChI is InChI=1S/C7H7Cl2NO/c1-4(11)7-5(8)2-10-3-6(7)9/h2-4,11H,1H3/t4-/m0/s1. The summed E-state index contributed by atoms with van der Waals surface area (Å²) < 4.78 is 0. The Bertz CT molecular complexity index is 242. The Labute approximate surface area is 74.8 Å². The molecule has 0 saturated carbocycles. The van der Waals surface area contributed by atoms with Crippen LogP contribution in [0.15, 0.2) is 12.4 Å². The third kappa shape index (κ3) is 1.83. The van der Waals surface area contributed by atoms with Crippen molar-refractivity contribution in [3.8, 4) is 0 Å². The Morgan fingerprint density at radius 2 is 1.82 bits per heavy atom. The molecule has 0 bridgehead atoms. The minimum Gasteiger partial charge on any atom is -0.389 e. The zero-order valence-corrected chi connectivity index (χ0v) is 7.39. The number of pyridine rings is 1. The average Bonchev–Trinajstić information content (AvgIpc) is 1.85. The van der Waals surface area contributed by atoms with E-state index in [-0.39, 0.29) is 0 Å². The van der Waals surface area contributed by atoms with Gasteiger partial charge in [-0.1, -0.05) is 23.2 Å². The van der Waals surface area contributed by atoms with Gasteiger partial charge in [0.05, 0.1) is 16.1 Å². The van der Waals surface area contributed by atoms with Crippen molar-refractivity contribution in [1.29, 1.82) is 0 Å². The molecule has 1 aromatic heterocycles. The van der Waals surface area contributed by atoms with E-state index in [0.717, 1.165) is 0 Å². The number of aromatic nitrogens is 1. The molecule has 0 unspecified atom stereocenters. The van der Waals surface area contributed by atoms with Gasteiger partial charge in [0, 0.05) is 18.0 Å². The molecule has 0 aliphatic heterocycles. The fraction of sp³-hybridized carbons (Fsp3) is 0.286. The molecule has 0 radical (unpaired) electrons. The van der Waals surface area contributed by atoms with Crippen molar-refractivity contribution in [2.45, 2.75) is 13.0 Å². The third-order valence-corrected chi connectivity index (χ3v) is 1.91. The van der Waals surface area contributed by atoms with Crippen LogP contribution in [0.4, 0.5) is 0 Å². The van der Waals surface area contributed by atoms with Gasteiger partial charge in [-0.05, 0) is 6.92 Å². The molecule has 0 spiro atoms. The van der Waals surface area contributed by atoms with E-state index in [4.69, 9.17) is 23.2 Å². The zero-order chi connectivity index (χ0) is 8.43. The maximum atomic E-state index is 9.19. The van der Waals surface area contributed by atoms with Crippen molar-refractivity contribution in [2.75, 3.05) is 0 Å². The number of hydrogen-bond acceptors (Lipinski definition) is 2. The van der Waals surface area contributed by atoms with Crippen molar-refractivity contribution in [3.63, 3.8) is 0 Å². The molecule has 1 atom stereocenters. The first-order valence-corrected chi connectivity index (χ1v) is 3.85. The molecule has 11 heavy (non-hydrogen) atoms. The molecule has 0 amide bonds. The largest absolute Gasteiger partial charge is 0.389 e. The molecule has 0 fully saturated rings. The van der Waals surface area contributed by atoms with Gasteiger partial charge in [0.25, 0.3) is 0 Å². The van der Waals surface area contributed by atoms with Crippen LogP contribution in [0, 0.1) is 0 Å². The SMILES string of the molecule is C[C@H](O)c1c(Cl)cncc1Cl. The minimum absolute atomic E-state index is 0.396. The number of aliphatic hydroxyl groups excluding tert-OH is 1. The Kier molecular flexibility index (Phi) is 2.71. The molecule has 2 nitrogen and oxygen atoms in total. The van der Waals surface area contributed by atoms with Crippen molar-refractivity contribution in [2.24, 2.45) is 0 Å². The van der Waals surface area contributed by atoms with Crippen LogP contribution < -0.4 is 0 Å². The molecule has 1 heterocycles. The van der Waals surface area contributed by atoms with E-state index in [0.29, 0.717) is 15.6 Å². The van der Waals surface area contributed by atoms with Crippen LogP contribution >= 0.6 is 23.2 Å². The van der Waals surface area contributed by atoms with Gasteiger partial charge in [0.2, 0.25) is 0 Å². The fourth-order valence-electron chi connectivity index (χ4n) is 0.820. The van der Waals surface area contributed by atoms with E-state index in [1.165, 1.54) is 12.4 Å². The van der Waals surface area contributed by atoms with E-state index in [2.05, 4.69) is 4.98 Å². The summed E-state index contributed by atoms with van der Waals surface area (Å²) in [4.78, 5) is 3.75. The van der Waals surface area contributed by atoms with Crippen molar-refractivity contribution in [1.82, 2.24) is 4.98 Å². The lowest BCUT2D eigenvalue weighted by atomic mass is 10.2. The first-order chi connectivity index (χ1) is 5.13. The topological polar surface area (TPSA) is 33.1 Å². The van der Waals surface area contributed by atoms with Crippen LogP contribution in [0.2, 0.25) is 10.0 Å². The summed E-state index contributed by atoms with van der Waals surface area (Å²) >= 11 is 11.4. The monoisotopic (exact) mass is 191 g/mol. The van der Waals surface area contributed by atoms with Gasteiger partial charge in [0.1, 0.15) is 0 Å². The Morgan fingerprint density at radius 3 is 2.09 bits per heavy atom. The highest BCUT2D eigenvalue weighted by Crippen LogP contribution is 2.28. The first-order valence-electron chi connectivity index (χ1n) is 3.10. The number of nitrogens with zero attached hydrogens (tertiary/aromatic N) is 1. The maximum absolute atomic E-state index is 9.19. The Morgan fingerprint density at radius 1 is 1.36 bits per heavy atom. The lowest BCUT2D eigenvalue weighted by Gasteiger charge is -2.07. The van der Waals surface area contributed by atoms with E-state index >= 15 is 0 Å². The van der Waals surface area contributed by atoms with Crippen molar-refractivity contribution in [3.05, 3.63) is 28.0 Å². The summed E-state index contributed by atoms with van der Waals surface area (Å²) in [7, 11) is 0. The number of halogens is 2. The average molecular weight is 192 g/mol. The van der Waals surface area contributed by atoms with E-state index in [9.17, 15) is 5.11 Å². The van der Waals surface area contributed by atoms with Gasteiger partial charge in [0.15, 0.2) is 0 Å². The molecule has 1 rings (SSSR count). The van der Waals surface area contributed by atoms with Crippen LogP contribution in [0.5, 0.6) is 0 Å². The van der Waals surface area contributed by atoms with E-state index < -0.39 is 6.10 Å². The molecule has 0 aliphatic rings. The summed E-state index contributed by atoms with van der Waals surface area (Å²) in [5.74, 6) is 0. The predicted molar refractivity (Wildman–Crippen MR) is 44.9 cm³/mol. The highest BCUT2D eigenvalue weighted by Gasteiger charge is 2.10. The highest BCUT2D eigenvalue weighted by atomic mass is 35.5. The van der Waals surface area contributed by atoms with Crippen LogP contribution in [-0.2, 0) is 0 Å². The van der Waals surface area contributed by atoms with Crippen LogP contribution in [0.1, 0.15) is 18.6 Å². The third-order valence-electron chi connectivity index (χ3n) is 1.31. The zero-order valence-electron chi connectivity index (χ0n) is 5.88. The molecule has 4 heteroatoms. The first kappa shape index (κ1) is 8.78. The summed E-state index contributed by atoms with van der Waals surface area (Å²) in [6, 6.07) is 0. The van der Waals surface area contributed by atoms with Crippen LogP contribution in [-0.4, -0.2) is 10.1 Å². The van der Waals surface area contributed by atoms with Gasteiger partial charge in [-0.25, -0.2) is 0 Å². The molecule has 1 N–H and O–H groups in total. The molecular formula is C7H7Cl2NO. The second kappa shape index (κ2) is 3.39. The lowest BCUT2D eigenvalue weighted by molar-refractivity contribution is 0.199. The van der Waals surface area contributed by atoms with Gasteiger partial charge in [-0.15, -0.1) is 0 Å². The molecule has 0 aromatic carbocycles. The molecule has 1 aromatic rings. The maximum Gasteiger partial charge on any atom is 0.0792 e. The molecular weight excluding hydrogens is 185 g/mol. The number of rotatable bonds is 1. The smallest absolute Gasteiger partial charge is 0.0792 e. The predicted octanol–water partition coefficient (Wildman–Crippen LogP) is 2.44. The quantitative estimate of drug-likeness (QED) is 0.741. The van der Waals surface area contributed by atoms with E-state index in [1.807, 2.05) is 0 Å². The van der Waals surface area contributed by atoms with Gasteiger partial charge >= 0.3 is 0 Å². The van der Waals surface area contributed by atoms with Crippen molar-refractivity contribution >= 4 is 23.2 Å². The van der Waals surface area contributed by atoms with Gasteiger partial charge in [-0.2, -0.15) is 0 Å². The summed E-state index contributed by atoms with van der Waals surface area (Å²) in [5.41, 5.74) is 0.531. The number of aliphatic hydroxyl groups is 1. The summed E-state index contributed by atoms with van der Waals surface area (Å²) in [6.45, 7) is 1.60. The number of hydrogen-bond donors (Lipinski definition) is 1.